The van der Waals surface area contributed by atoms with Crippen LogP contribution in [-0.4, -0.2) is 36.4 Å². The Morgan fingerprint density at radius 1 is 1.14 bits per heavy atom. The van der Waals surface area contributed by atoms with Crippen LogP contribution in [0.15, 0.2) is 24.3 Å². The van der Waals surface area contributed by atoms with E-state index in [9.17, 15) is 13.2 Å². The number of hydrogen-bond donors (Lipinski definition) is 1. The zero-order chi connectivity index (χ0) is 15.6. The Bertz CT molecular complexity index is 514. The average Bonchev–Trinajstić information content (AvgIpc) is 2.52. The standard InChI is InChI=1S/C16H21F3N2O/c17-16(18,19)15(12-20-21-10-4-1-5-11-21)9-8-13-6-2-3-7-14(13)22-15/h2-3,6-7,20H,1,4-5,8-12H2. The molecule has 2 aliphatic heterocycles. The highest BCUT2D eigenvalue weighted by atomic mass is 19.4. The smallest absolute Gasteiger partial charge is 0.429 e. The molecule has 1 fully saturated rings. The third-order valence-electron chi connectivity index (χ3n) is 4.54. The van der Waals surface area contributed by atoms with Crippen LogP contribution in [0, 0.1) is 0 Å². The number of aryl methyl sites for hydroxylation is 1. The van der Waals surface area contributed by atoms with Crippen LogP contribution in [0.3, 0.4) is 0 Å². The molecule has 1 aromatic rings. The maximum absolute atomic E-state index is 13.7. The lowest BCUT2D eigenvalue weighted by molar-refractivity contribution is -0.254. The quantitative estimate of drug-likeness (QED) is 0.926. The number of nitrogens with one attached hydrogen (secondary N) is 1. The van der Waals surface area contributed by atoms with E-state index >= 15 is 0 Å². The van der Waals surface area contributed by atoms with Gasteiger partial charge in [-0.05, 0) is 30.9 Å². The number of alkyl halides is 3. The second-order valence-electron chi connectivity index (χ2n) is 6.08. The van der Waals surface area contributed by atoms with E-state index in [1.807, 2.05) is 17.1 Å². The number of hydrazine groups is 1. The molecule has 1 unspecified atom stereocenters. The summed E-state index contributed by atoms with van der Waals surface area (Å²) in [7, 11) is 0. The predicted molar refractivity (Wildman–Crippen MR) is 77.6 cm³/mol. The van der Waals surface area contributed by atoms with Crippen LogP contribution in [0.4, 0.5) is 13.2 Å². The zero-order valence-electron chi connectivity index (χ0n) is 12.5. The molecule has 1 atom stereocenters. The van der Waals surface area contributed by atoms with Gasteiger partial charge in [-0.15, -0.1) is 0 Å². The van der Waals surface area contributed by atoms with Gasteiger partial charge >= 0.3 is 6.18 Å². The first-order valence-electron chi connectivity index (χ1n) is 7.82. The maximum atomic E-state index is 13.7. The van der Waals surface area contributed by atoms with E-state index in [0.717, 1.165) is 37.9 Å². The lowest BCUT2D eigenvalue weighted by Crippen LogP contribution is -2.61. The Labute approximate surface area is 128 Å². The summed E-state index contributed by atoms with van der Waals surface area (Å²) in [5.41, 5.74) is 1.67. The fourth-order valence-corrected chi connectivity index (χ4v) is 3.12. The van der Waals surface area contributed by atoms with Gasteiger partial charge in [-0.3, -0.25) is 5.43 Å². The minimum absolute atomic E-state index is 0.0473. The molecule has 1 N–H and O–H groups in total. The highest BCUT2D eigenvalue weighted by molar-refractivity contribution is 5.36. The van der Waals surface area contributed by atoms with Gasteiger partial charge in [-0.1, -0.05) is 24.6 Å². The summed E-state index contributed by atoms with van der Waals surface area (Å²) in [6.07, 6.45) is -0.868. The number of nitrogens with zero attached hydrogens (tertiary/aromatic N) is 1. The SMILES string of the molecule is FC(F)(F)C1(CNN2CCCCC2)CCc2ccccc2O1. The van der Waals surface area contributed by atoms with Crippen LogP contribution >= 0.6 is 0 Å². The molecule has 2 heterocycles. The van der Waals surface area contributed by atoms with Crippen molar-refractivity contribution in [3.05, 3.63) is 29.8 Å². The molecule has 0 spiro atoms. The normalized spacial score (nSPS) is 26.3. The van der Waals surface area contributed by atoms with Gasteiger partial charge in [0.05, 0.1) is 6.54 Å². The van der Waals surface area contributed by atoms with Gasteiger partial charge in [0, 0.05) is 19.5 Å². The molecule has 1 aromatic carbocycles. The molecule has 122 valence electrons. The highest BCUT2D eigenvalue weighted by Crippen LogP contribution is 2.42. The molecule has 1 saturated heterocycles. The molecule has 0 saturated carbocycles. The van der Waals surface area contributed by atoms with Gasteiger partial charge in [0.1, 0.15) is 5.75 Å². The van der Waals surface area contributed by atoms with Crippen LogP contribution in [0.5, 0.6) is 5.75 Å². The molecule has 0 bridgehead atoms. The number of hydrogen-bond acceptors (Lipinski definition) is 3. The van der Waals surface area contributed by atoms with Crippen molar-refractivity contribution < 1.29 is 17.9 Å². The zero-order valence-corrected chi connectivity index (χ0v) is 12.5. The molecular formula is C16H21F3N2O. The van der Waals surface area contributed by atoms with Crippen LogP contribution in [0.1, 0.15) is 31.2 Å². The third-order valence-corrected chi connectivity index (χ3v) is 4.54. The Morgan fingerprint density at radius 2 is 1.86 bits per heavy atom. The summed E-state index contributed by atoms with van der Waals surface area (Å²) in [4.78, 5) is 0. The topological polar surface area (TPSA) is 24.5 Å². The largest absolute Gasteiger partial charge is 0.476 e. The van der Waals surface area contributed by atoms with E-state index in [-0.39, 0.29) is 13.0 Å². The molecular weight excluding hydrogens is 293 g/mol. The van der Waals surface area contributed by atoms with Crippen molar-refractivity contribution in [1.82, 2.24) is 10.4 Å². The molecule has 3 nitrogen and oxygen atoms in total. The van der Waals surface area contributed by atoms with E-state index in [1.54, 1.807) is 12.1 Å². The number of piperidine rings is 1. The van der Waals surface area contributed by atoms with Crippen LogP contribution in [0.2, 0.25) is 0 Å². The first kappa shape index (κ1) is 15.6. The van der Waals surface area contributed by atoms with Crippen molar-refractivity contribution in [1.29, 1.82) is 0 Å². The average molecular weight is 314 g/mol. The number of rotatable bonds is 3. The van der Waals surface area contributed by atoms with Gasteiger partial charge in [-0.2, -0.15) is 13.2 Å². The lowest BCUT2D eigenvalue weighted by atomic mass is 9.90. The Hall–Kier alpha value is -1.27. The number of benzene rings is 1. The van der Waals surface area contributed by atoms with Gasteiger partial charge in [-0.25, -0.2) is 5.01 Å². The van der Waals surface area contributed by atoms with Gasteiger partial charge in [0.2, 0.25) is 5.60 Å². The molecule has 3 rings (SSSR count). The van der Waals surface area contributed by atoms with Crippen LogP contribution < -0.4 is 10.2 Å². The summed E-state index contributed by atoms with van der Waals surface area (Å²) in [5, 5.41) is 1.89. The molecule has 6 heteroatoms. The van der Waals surface area contributed by atoms with Crippen molar-refractivity contribution in [3.8, 4) is 5.75 Å². The molecule has 0 radical (unpaired) electrons. The van der Waals surface area contributed by atoms with Crippen molar-refractivity contribution in [2.45, 2.75) is 43.9 Å². The maximum Gasteiger partial charge on any atom is 0.429 e. The highest BCUT2D eigenvalue weighted by Gasteiger charge is 2.58. The summed E-state index contributed by atoms with van der Waals surface area (Å²) in [6, 6.07) is 6.99. The molecule has 2 aliphatic rings. The summed E-state index contributed by atoms with van der Waals surface area (Å²) in [6.45, 7) is 1.36. The number of halogens is 3. The first-order valence-corrected chi connectivity index (χ1v) is 7.82. The Kier molecular flexibility index (Phi) is 4.32. The minimum Gasteiger partial charge on any atom is -0.476 e. The fourth-order valence-electron chi connectivity index (χ4n) is 3.12. The minimum atomic E-state index is -4.40. The van der Waals surface area contributed by atoms with Crippen LogP contribution in [0.25, 0.3) is 0 Å². The second-order valence-corrected chi connectivity index (χ2v) is 6.08. The summed E-state index contributed by atoms with van der Waals surface area (Å²) in [5.74, 6) is 0.353. The van der Waals surface area contributed by atoms with Crippen LogP contribution in [-0.2, 0) is 6.42 Å². The number of fused-ring (bicyclic) bond motifs is 1. The number of para-hydroxylation sites is 1. The van der Waals surface area contributed by atoms with Crippen molar-refractivity contribution in [2.75, 3.05) is 19.6 Å². The first-order chi connectivity index (χ1) is 10.5. The fraction of sp³-hybridized carbons (Fsp3) is 0.625. The van der Waals surface area contributed by atoms with Crippen molar-refractivity contribution >= 4 is 0 Å². The van der Waals surface area contributed by atoms with Gasteiger partial charge in [0.25, 0.3) is 0 Å². The molecule has 0 aliphatic carbocycles. The third kappa shape index (κ3) is 3.08. The molecule has 0 amide bonds. The van der Waals surface area contributed by atoms with Crippen molar-refractivity contribution in [2.24, 2.45) is 0 Å². The molecule has 0 aromatic heterocycles. The number of ether oxygens (including phenoxy) is 1. The molecule has 22 heavy (non-hydrogen) atoms. The van der Waals surface area contributed by atoms with E-state index in [1.165, 1.54) is 0 Å². The Morgan fingerprint density at radius 3 is 2.59 bits per heavy atom. The van der Waals surface area contributed by atoms with Crippen molar-refractivity contribution in [3.63, 3.8) is 0 Å². The van der Waals surface area contributed by atoms with E-state index in [4.69, 9.17) is 4.74 Å². The lowest BCUT2D eigenvalue weighted by Gasteiger charge is -2.41. The second kappa shape index (κ2) is 6.08. The van der Waals surface area contributed by atoms with E-state index < -0.39 is 11.8 Å². The van der Waals surface area contributed by atoms with E-state index in [2.05, 4.69) is 5.43 Å². The summed E-state index contributed by atoms with van der Waals surface area (Å²) >= 11 is 0. The Balaban J connectivity index is 1.75. The summed E-state index contributed by atoms with van der Waals surface area (Å²) < 4.78 is 46.4. The predicted octanol–water partition coefficient (Wildman–Crippen LogP) is 3.30. The van der Waals surface area contributed by atoms with Gasteiger partial charge < -0.3 is 4.74 Å². The van der Waals surface area contributed by atoms with E-state index in [0.29, 0.717) is 12.2 Å². The van der Waals surface area contributed by atoms with Gasteiger partial charge in [0.15, 0.2) is 0 Å². The monoisotopic (exact) mass is 314 g/mol.